The summed E-state index contributed by atoms with van der Waals surface area (Å²) >= 11 is 1.44. The van der Waals surface area contributed by atoms with Crippen molar-refractivity contribution in [2.24, 2.45) is 10.1 Å². The minimum Gasteiger partial charge on any atom is -0.463 e. The molecule has 23 heavy (non-hydrogen) atoms. The molecule has 0 spiro atoms. The van der Waals surface area contributed by atoms with E-state index in [1.165, 1.54) is 17.4 Å². The average Bonchev–Trinajstić information content (AvgIpc) is 3.19. The van der Waals surface area contributed by atoms with E-state index in [1.54, 1.807) is 29.1 Å². The fourth-order valence-corrected chi connectivity index (χ4v) is 3.06. The number of benzene rings is 1. The zero-order valence-electron chi connectivity index (χ0n) is 12.9. The van der Waals surface area contributed by atoms with Crippen molar-refractivity contribution in [3.05, 3.63) is 64.4 Å². The van der Waals surface area contributed by atoms with Gasteiger partial charge in [0, 0.05) is 17.5 Å². The number of nitrogens with zero attached hydrogens (tertiary/aromatic N) is 3. The molecule has 0 amide bonds. The molecule has 0 unspecified atom stereocenters. The molecule has 0 fully saturated rings. The van der Waals surface area contributed by atoms with Crippen molar-refractivity contribution >= 4 is 17.0 Å². The lowest BCUT2D eigenvalue weighted by molar-refractivity contribution is 0.556. The van der Waals surface area contributed by atoms with Crippen LogP contribution in [0.3, 0.4) is 0 Å². The first kappa shape index (κ1) is 15.4. The SMILES string of the molecule is CCN=c1scc(-c2ccccc2F)n1N=C(C)c1ccco1. The van der Waals surface area contributed by atoms with Gasteiger partial charge in [-0.1, -0.05) is 12.1 Å². The maximum Gasteiger partial charge on any atom is 0.206 e. The minimum absolute atomic E-state index is 0.284. The number of halogens is 1. The van der Waals surface area contributed by atoms with E-state index in [9.17, 15) is 4.39 Å². The number of thiazole rings is 1. The van der Waals surface area contributed by atoms with Gasteiger partial charge in [-0.15, -0.1) is 11.3 Å². The average molecular weight is 329 g/mol. The molecule has 1 aromatic carbocycles. The van der Waals surface area contributed by atoms with Gasteiger partial charge >= 0.3 is 0 Å². The fraction of sp³-hybridized carbons (Fsp3) is 0.176. The highest BCUT2D eigenvalue weighted by atomic mass is 32.1. The van der Waals surface area contributed by atoms with Crippen LogP contribution in [0.4, 0.5) is 4.39 Å². The Kier molecular flexibility index (Phi) is 4.52. The number of aromatic nitrogens is 1. The predicted octanol–water partition coefficient (Wildman–Crippen LogP) is 4.14. The van der Waals surface area contributed by atoms with E-state index >= 15 is 0 Å². The first-order chi connectivity index (χ1) is 11.2. The summed E-state index contributed by atoms with van der Waals surface area (Å²) in [4.78, 5) is 5.16. The number of rotatable bonds is 4. The summed E-state index contributed by atoms with van der Waals surface area (Å²) in [7, 11) is 0. The van der Waals surface area contributed by atoms with Crippen LogP contribution in [0.15, 0.2) is 62.6 Å². The second-order valence-corrected chi connectivity index (χ2v) is 5.67. The van der Waals surface area contributed by atoms with Crippen LogP contribution >= 0.6 is 11.3 Å². The predicted molar refractivity (Wildman–Crippen MR) is 90.1 cm³/mol. The molecule has 118 valence electrons. The van der Waals surface area contributed by atoms with Gasteiger partial charge in [0.05, 0.1) is 12.0 Å². The van der Waals surface area contributed by atoms with Gasteiger partial charge in [0.25, 0.3) is 0 Å². The van der Waals surface area contributed by atoms with Gasteiger partial charge < -0.3 is 4.42 Å². The van der Waals surface area contributed by atoms with Crippen LogP contribution in [0.5, 0.6) is 0 Å². The largest absolute Gasteiger partial charge is 0.463 e. The lowest BCUT2D eigenvalue weighted by Crippen LogP contribution is -2.14. The molecule has 0 aliphatic rings. The summed E-state index contributed by atoms with van der Waals surface area (Å²) in [6.07, 6.45) is 1.60. The van der Waals surface area contributed by atoms with E-state index < -0.39 is 0 Å². The smallest absolute Gasteiger partial charge is 0.206 e. The Morgan fingerprint density at radius 1 is 1.26 bits per heavy atom. The maximum atomic E-state index is 14.2. The standard InChI is InChI=1S/C17H16FN3OS/c1-3-19-17-21(20-12(2)16-9-6-10-22-16)15(11-23-17)13-7-4-5-8-14(13)18/h4-11H,3H2,1-2H3. The normalized spacial score (nSPS) is 12.8. The molecule has 2 heterocycles. The Labute approximate surface area is 137 Å². The highest BCUT2D eigenvalue weighted by molar-refractivity contribution is 7.07. The summed E-state index contributed by atoms with van der Waals surface area (Å²) < 4.78 is 21.2. The Hall–Kier alpha value is -2.47. The molecule has 0 radical (unpaired) electrons. The number of hydrogen-bond acceptors (Lipinski definition) is 4. The quantitative estimate of drug-likeness (QED) is 0.663. The van der Waals surface area contributed by atoms with Gasteiger partial charge in [0.1, 0.15) is 17.3 Å². The molecule has 0 atom stereocenters. The third kappa shape index (κ3) is 3.17. The van der Waals surface area contributed by atoms with Crippen molar-refractivity contribution in [3.63, 3.8) is 0 Å². The van der Waals surface area contributed by atoms with Crippen molar-refractivity contribution in [1.29, 1.82) is 0 Å². The van der Waals surface area contributed by atoms with E-state index in [1.807, 2.05) is 31.4 Å². The lowest BCUT2D eigenvalue weighted by atomic mass is 10.1. The molecule has 0 bridgehead atoms. The van der Waals surface area contributed by atoms with Crippen LogP contribution < -0.4 is 4.80 Å². The fourth-order valence-electron chi connectivity index (χ4n) is 2.18. The second-order valence-electron chi connectivity index (χ2n) is 4.83. The van der Waals surface area contributed by atoms with Crippen LogP contribution in [-0.2, 0) is 0 Å². The summed E-state index contributed by atoms with van der Waals surface area (Å²) in [6, 6.07) is 10.3. The van der Waals surface area contributed by atoms with Crippen LogP contribution in [0, 0.1) is 5.82 Å². The molecular formula is C17H16FN3OS. The molecule has 3 aromatic rings. The van der Waals surface area contributed by atoms with Crippen LogP contribution in [-0.4, -0.2) is 16.9 Å². The number of hydrogen-bond donors (Lipinski definition) is 0. The molecule has 0 saturated carbocycles. The van der Waals surface area contributed by atoms with Gasteiger partial charge in [-0.2, -0.15) is 5.10 Å². The van der Waals surface area contributed by atoms with Crippen LogP contribution in [0.25, 0.3) is 11.3 Å². The van der Waals surface area contributed by atoms with Gasteiger partial charge in [0.15, 0.2) is 0 Å². The highest BCUT2D eigenvalue weighted by Crippen LogP contribution is 2.23. The van der Waals surface area contributed by atoms with Crippen molar-refractivity contribution in [1.82, 2.24) is 4.68 Å². The summed E-state index contributed by atoms with van der Waals surface area (Å²) in [6.45, 7) is 4.44. The molecule has 3 rings (SSSR count). The Morgan fingerprint density at radius 2 is 2.09 bits per heavy atom. The van der Waals surface area contributed by atoms with E-state index in [0.29, 0.717) is 29.3 Å². The lowest BCUT2D eigenvalue weighted by Gasteiger charge is -2.06. The highest BCUT2D eigenvalue weighted by Gasteiger charge is 2.12. The topological polar surface area (TPSA) is 42.8 Å². The molecule has 0 saturated heterocycles. The third-order valence-electron chi connectivity index (χ3n) is 3.26. The van der Waals surface area contributed by atoms with Crippen molar-refractivity contribution in [3.8, 4) is 11.3 Å². The second kappa shape index (κ2) is 6.75. The molecule has 6 heteroatoms. The number of furan rings is 1. The van der Waals surface area contributed by atoms with Gasteiger partial charge in [0.2, 0.25) is 4.80 Å². The molecular weight excluding hydrogens is 313 g/mol. The molecule has 0 aliphatic heterocycles. The molecule has 0 N–H and O–H groups in total. The van der Waals surface area contributed by atoms with E-state index in [4.69, 9.17) is 4.42 Å². The van der Waals surface area contributed by atoms with E-state index in [2.05, 4.69) is 10.1 Å². The van der Waals surface area contributed by atoms with Gasteiger partial charge in [-0.25, -0.2) is 9.07 Å². The Bertz CT molecular complexity index is 891. The van der Waals surface area contributed by atoms with Crippen LogP contribution in [0.2, 0.25) is 0 Å². The first-order valence-electron chi connectivity index (χ1n) is 7.26. The van der Waals surface area contributed by atoms with Gasteiger partial charge in [-0.05, 0) is 38.1 Å². The maximum absolute atomic E-state index is 14.2. The minimum atomic E-state index is -0.284. The third-order valence-corrected chi connectivity index (χ3v) is 4.11. The summed E-state index contributed by atoms with van der Waals surface area (Å²) in [5, 5.41) is 6.45. The Morgan fingerprint density at radius 3 is 2.78 bits per heavy atom. The zero-order chi connectivity index (χ0) is 16.2. The van der Waals surface area contributed by atoms with Crippen molar-refractivity contribution in [2.45, 2.75) is 13.8 Å². The van der Waals surface area contributed by atoms with Crippen LogP contribution in [0.1, 0.15) is 19.6 Å². The summed E-state index contributed by atoms with van der Waals surface area (Å²) in [5.74, 6) is 0.388. The molecule has 2 aromatic heterocycles. The van der Waals surface area contributed by atoms with E-state index in [0.717, 1.165) is 4.80 Å². The van der Waals surface area contributed by atoms with E-state index in [-0.39, 0.29) is 5.82 Å². The monoisotopic (exact) mass is 329 g/mol. The summed E-state index contributed by atoms with van der Waals surface area (Å²) in [5.41, 5.74) is 1.87. The zero-order valence-corrected chi connectivity index (χ0v) is 13.7. The van der Waals surface area contributed by atoms with Crippen molar-refractivity contribution < 1.29 is 8.81 Å². The van der Waals surface area contributed by atoms with Crippen molar-refractivity contribution in [2.75, 3.05) is 6.54 Å². The first-order valence-corrected chi connectivity index (χ1v) is 8.14. The molecule has 4 nitrogen and oxygen atoms in total. The Balaban J connectivity index is 2.18. The molecule has 0 aliphatic carbocycles. The van der Waals surface area contributed by atoms with Gasteiger partial charge in [-0.3, -0.25) is 4.99 Å².